The van der Waals surface area contributed by atoms with Crippen LogP contribution in [0.4, 0.5) is 17.1 Å². The molecule has 68 heavy (non-hydrogen) atoms. The third kappa shape index (κ3) is 5.60. The van der Waals surface area contributed by atoms with E-state index >= 15 is 0 Å². The number of anilines is 3. The van der Waals surface area contributed by atoms with Crippen LogP contribution in [0.5, 0.6) is 0 Å². The Hall–Kier alpha value is -8.92. The average Bonchev–Trinajstić information content (AvgIpc) is 4.07. The van der Waals surface area contributed by atoms with Gasteiger partial charge in [0.05, 0.1) is 16.8 Å². The Bertz CT molecular complexity index is 4050. The van der Waals surface area contributed by atoms with Crippen LogP contribution in [0.2, 0.25) is 0 Å². The summed E-state index contributed by atoms with van der Waals surface area (Å²) in [7, 11) is 0. The third-order valence-corrected chi connectivity index (χ3v) is 14.3. The van der Waals surface area contributed by atoms with Crippen LogP contribution in [0.25, 0.3) is 88.0 Å². The van der Waals surface area contributed by atoms with E-state index in [2.05, 4.69) is 241 Å². The molecule has 0 aliphatic heterocycles. The van der Waals surface area contributed by atoms with Gasteiger partial charge in [-0.15, -0.1) is 0 Å². The predicted octanol–water partition coefficient (Wildman–Crippen LogP) is 17.8. The Labute approximate surface area is 393 Å². The Morgan fingerprint density at radius 1 is 0.338 bits per heavy atom. The van der Waals surface area contributed by atoms with E-state index in [1.54, 1.807) is 0 Å². The maximum absolute atomic E-state index is 6.68. The summed E-state index contributed by atoms with van der Waals surface area (Å²) in [5.41, 5.74) is 17.9. The Morgan fingerprint density at radius 3 is 1.72 bits per heavy atom. The molecule has 0 saturated carbocycles. The van der Waals surface area contributed by atoms with Gasteiger partial charge in [0.1, 0.15) is 22.3 Å². The molecule has 14 rings (SSSR count). The molecule has 0 saturated heterocycles. The second-order valence-electron chi connectivity index (χ2n) is 17.9. The fourth-order valence-corrected chi connectivity index (χ4v) is 11.5. The zero-order valence-corrected chi connectivity index (χ0v) is 36.9. The van der Waals surface area contributed by atoms with Crippen molar-refractivity contribution in [3.8, 4) is 33.4 Å². The minimum Gasteiger partial charge on any atom is -0.456 e. The van der Waals surface area contributed by atoms with Crippen molar-refractivity contribution in [1.29, 1.82) is 0 Å². The lowest BCUT2D eigenvalue weighted by Gasteiger charge is -2.34. The lowest BCUT2D eigenvalue weighted by atomic mass is 9.68. The van der Waals surface area contributed by atoms with Gasteiger partial charge in [0.15, 0.2) is 0 Å². The quantitative estimate of drug-likeness (QED) is 0.160. The minimum absolute atomic E-state index is 0.561. The molecule has 2 heterocycles. The molecule has 318 valence electrons. The van der Waals surface area contributed by atoms with Crippen LogP contribution < -0.4 is 4.90 Å². The molecule has 0 atom stereocenters. The number of hydrogen-bond donors (Lipinski definition) is 0. The summed E-state index contributed by atoms with van der Waals surface area (Å²) >= 11 is 0. The first-order valence-electron chi connectivity index (χ1n) is 23.3. The lowest BCUT2D eigenvalue weighted by molar-refractivity contribution is 0.669. The summed E-state index contributed by atoms with van der Waals surface area (Å²) in [5.74, 6) is 0. The second kappa shape index (κ2) is 15.1. The Kier molecular flexibility index (Phi) is 8.50. The van der Waals surface area contributed by atoms with E-state index in [0.29, 0.717) is 0 Å². The molecular formula is C65H41NO2. The molecule has 0 N–H and O–H groups in total. The molecule has 1 aliphatic rings. The maximum atomic E-state index is 6.68. The number of para-hydroxylation sites is 3. The molecule has 13 aromatic rings. The number of benzene rings is 11. The Morgan fingerprint density at radius 2 is 0.912 bits per heavy atom. The van der Waals surface area contributed by atoms with Gasteiger partial charge < -0.3 is 13.7 Å². The van der Waals surface area contributed by atoms with Gasteiger partial charge in [-0.1, -0.05) is 200 Å². The van der Waals surface area contributed by atoms with Crippen LogP contribution in [0.3, 0.4) is 0 Å². The van der Waals surface area contributed by atoms with E-state index in [0.717, 1.165) is 88.6 Å². The number of furan rings is 2. The van der Waals surface area contributed by atoms with Gasteiger partial charge in [-0.25, -0.2) is 0 Å². The second-order valence-corrected chi connectivity index (χ2v) is 17.9. The van der Waals surface area contributed by atoms with Crippen molar-refractivity contribution < 1.29 is 8.83 Å². The molecule has 1 aliphatic carbocycles. The van der Waals surface area contributed by atoms with E-state index in [1.807, 2.05) is 12.1 Å². The van der Waals surface area contributed by atoms with Crippen LogP contribution in [-0.4, -0.2) is 0 Å². The van der Waals surface area contributed by atoms with Crippen LogP contribution in [-0.2, 0) is 5.41 Å². The summed E-state index contributed by atoms with van der Waals surface area (Å²) in [6.07, 6.45) is 0. The summed E-state index contributed by atoms with van der Waals surface area (Å²) in [4.78, 5) is 2.49. The number of nitrogens with zero attached hydrogens (tertiary/aromatic N) is 1. The average molecular weight is 868 g/mol. The first-order valence-corrected chi connectivity index (χ1v) is 23.3. The van der Waals surface area contributed by atoms with Crippen LogP contribution in [0.15, 0.2) is 258 Å². The lowest BCUT2D eigenvalue weighted by Crippen LogP contribution is -2.28. The summed E-state index contributed by atoms with van der Waals surface area (Å²) in [6.45, 7) is 0. The molecule has 0 fully saturated rings. The SMILES string of the molecule is c1ccc(C2(c3ccccc3)c3ccccc3-c3c(N(c4ccc(-c5cccc6c5oc5ccccc56)cc4)c4ccccc4-c4cccc5oc6cc7ccccc7cc6c45)cccc32)cc1. The highest BCUT2D eigenvalue weighted by atomic mass is 16.3. The monoisotopic (exact) mass is 867 g/mol. The molecular weight excluding hydrogens is 827 g/mol. The van der Waals surface area contributed by atoms with Gasteiger partial charge in [-0.05, 0) is 98.2 Å². The topological polar surface area (TPSA) is 29.5 Å². The zero-order valence-electron chi connectivity index (χ0n) is 36.9. The molecule has 0 amide bonds. The highest BCUT2D eigenvalue weighted by Crippen LogP contribution is 2.60. The standard InChI is InChI=1S/C65H41NO2/c1-3-20-45(21-4-1)65(46-22-5-2-6-23-46)55-30-12-9-26-53(55)63-56(65)31-17-33-58(63)66(47-38-36-42(37-39-47)48-27-15-29-52-50-25-11-14-34-59(50)68-64(48)52)57-32-13-10-24-49(57)51-28-16-35-60-62(51)54-40-43-18-7-8-19-44(43)41-61(54)67-60/h1-41H. The van der Waals surface area contributed by atoms with E-state index in [1.165, 1.54) is 38.8 Å². The zero-order chi connectivity index (χ0) is 44.8. The number of rotatable bonds is 7. The van der Waals surface area contributed by atoms with E-state index in [9.17, 15) is 0 Å². The highest BCUT2D eigenvalue weighted by molar-refractivity contribution is 6.17. The van der Waals surface area contributed by atoms with Crippen molar-refractivity contribution in [1.82, 2.24) is 0 Å². The fraction of sp³-hybridized carbons (Fsp3) is 0.0154. The van der Waals surface area contributed by atoms with Gasteiger partial charge >= 0.3 is 0 Å². The smallest absolute Gasteiger partial charge is 0.143 e. The molecule has 0 radical (unpaired) electrons. The first-order chi connectivity index (χ1) is 33.7. The maximum Gasteiger partial charge on any atom is 0.143 e. The highest BCUT2D eigenvalue weighted by Gasteiger charge is 2.47. The summed E-state index contributed by atoms with van der Waals surface area (Å²) in [5, 5.41) is 6.79. The third-order valence-electron chi connectivity index (χ3n) is 14.3. The molecule has 2 aromatic heterocycles. The summed E-state index contributed by atoms with van der Waals surface area (Å²) in [6, 6.07) is 90.1. The molecule has 3 heteroatoms. The molecule has 11 aromatic carbocycles. The van der Waals surface area contributed by atoms with Crippen molar-refractivity contribution in [3.05, 3.63) is 271 Å². The van der Waals surface area contributed by atoms with Gasteiger partial charge in [0, 0.05) is 43.9 Å². The number of hydrogen-bond acceptors (Lipinski definition) is 3. The molecule has 0 unspecified atom stereocenters. The van der Waals surface area contributed by atoms with Crippen molar-refractivity contribution in [2.24, 2.45) is 0 Å². The summed E-state index contributed by atoms with van der Waals surface area (Å²) < 4.78 is 13.2. The van der Waals surface area contributed by atoms with E-state index in [-0.39, 0.29) is 0 Å². The fourth-order valence-electron chi connectivity index (χ4n) is 11.5. The van der Waals surface area contributed by atoms with Gasteiger partial charge in [0.25, 0.3) is 0 Å². The number of fused-ring (bicyclic) bond motifs is 10. The predicted molar refractivity (Wildman–Crippen MR) is 281 cm³/mol. The van der Waals surface area contributed by atoms with Gasteiger partial charge in [0.2, 0.25) is 0 Å². The van der Waals surface area contributed by atoms with Gasteiger partial charge in [-0.2, -0.15) is 0 Å². The molecule has 0 spiro atoms. The van der Waals surface area contributed by atoms with Gasteiger partial charge in [-0.3, -0.25) is 0 Å². The van der Waals surface area contributed by atoms with E-state index < -0.39 is 5.41 Å². The molecule has 0 bridgehead atoms. The van der Waals surface area contributed by atoms with Crippen molar-refractivity contribution in [2.45, 2.75) is 5.41 Å². The Balaban J connectivity index is 1.04. The minimum atomic E-state index is -0.561. The van der Waals surface area contributed by atoms with Crippen LogP contribution in [0, 0.1) is 0 Å². The molecule has 3 nitrogen and oxygen atoms in total. The van der Waals surface area contributed by atoms with E-state index in [4.69, 9.17) is 8.83 Å². The first kappa shape index (κ1) is 38.4. The van der Waals surface area contributed by atoms with Crippen molar-refractivity contribution >= 4 is 71.7 Å². The van der Waals surface area contributed by atoms with Crippen LogP contribution in [0.1, 0.15) is 22.3 Å². The van der Waals surface area contributed by atoms with Crippen molar-refractivity contribution in [2.75, 3.05) is 4.90 Å². The van der Waals surface area contributed by atoms with Crippen molar-refractivity contribution in [3.63, 3.8) is 0 Å². The van der Waals surface area contributed by atoms with Crippen LogP contribution >= 0.6 is 0 Å². The largest absolute Gasteiger partial charge is 0.456 e. The normalized spacial score (nSPS) is 12.8.